The summed E-state index contributed by atoms with van der Waals surface area (Å²) in [7, 11) is -3.85. The van der Waals surface area contributed by atoms with E-state index in [0.717, 1.165) is 49.1 Å². The van der Waals surface area contributed by atoms with Crippen LogP contribution < -0.4 is 14.2 Å². The van der Waals surface area contributed by atoms with Gasteiger partial charge in [-0.2, -0.15) is 0 Å². The lowest BCUT2D eigenvalue weighted by atomic mass is 10.1. The van der Waals surface area contributed by atoms with Crippen molar-refractivity contribution in [2.24, 2.45) is 0 Å². The van der Waals surface area contributed by atoms with Crippen LogP contribution in [0.15, 0.2) is 82.6 Å². The number of methoxy groups -OCH3 is 2. The normalized spacial score (nSPS) is 10.7. The predicted molar refractivity (Wildman–Crippen MR) is 172 cm³/mol. The molecule has 13 heteroatoms. The van der Waals surface area contributed by atoms with Gasteiger partial charge in [0.1, 0.15) is 0 Å². The van der Waals surface area contributed by atoms with Gasteiger partial charge in [0.05, 0.1) is 24.0 Å². The van der Waals surface area contributed by atoms with Gasteiger partial charge in [-0.1, -0.05) is 33.4 Å². The molecule has 46 heavy (non-hydrogen) atoms. The summed E-state index contributed by atoms with van der Waals surface area (Å²) < 4.78 is 98.9. The number of aryl methyl sites for hydroxylation is 2. The number of ether oxygens (including phenoxy) is 3. The predicted octanol–water partition coefficient (Wildman–Crippen LogP) is 7.56. The molecule has 0 bridgehead atoms. The minimum absolute atomic E-state index is 0. The summed E-state index contributed by atoms with van der Waals surface area (Å²) in [6, 6.07) is 16.8. The Hall–Kier alpha value is -4.23. The molecule has 252 valence electrons. The minimum atomic E-state index is -3.46. The first-order valence-electron chi connectivity index (χ1n) is 13.4. The Morgan fingerprint density at radius 1 is 0.587 bits per heavy atom. The van der Waals surface area contributed by atoms with Crippen molar-refractivity contribution in [3.05, 3.63) is 101 Å². The van der Waals surface area contributed by atoms with Gasteiger partial charge < -0.3 is 19.3 Å². The zero-order valence-electron chi connectivity index (χ0n) is 25.6. The largest absolute Gasteiger partial charge is 0.504 e. The van der Waals surface area contributed by atoms with Crippen LogP contribution in [0, 0.1) is 17.5 Å². The quantitative estimate of drug-likeness (QED) is 0.189. The fourth-order valence-corrected chi connectivity index (χ4v) is 4.84. The Morgan fingerprint density at radius 2 is 1.04 bits per heavy atom. The van der Waals surface area contributed by atoms with E-state index in [9.17, 15) is 35.1 Å². The van der Waals surface area contributed by atoms with Crippen molar-refractivity contribution >= 4 is 19.7 Å². The summed E-state index contributed by atoms with van der Waals surface area (Å²) in [6.45, 7) is 4.07. The molecule has 0 aliphatic carbocycles. The zero-order chi connectivity index (χ0) is 33.9. The van der Waals surface area contributed by atoms with Crippen molar-refractivity contribution in [2.75, 3.05) is 26.7 Å². The molecule has 0 spiro atoms. The number of halogens is 3. The van der Waals surface area contributed by atoms with E-state index in [1.54, 1.807) is 19.2 Å². The second kappa shape index (κ2) is 17.5. The molecule has 0 radical (unpaired) electrons. The number of aromatic hydroxyl groups is 1. The standard InChI is InChI=1S/C16H17FO4S.C9H12O2.C7H6F2O2S.CH4/c1-4-11-5-7-15(16(9-11)20-2)21-14-8-6-12(10-13(14)17)22(3,18)19;1-3-7-4-5-8(10)9(6-7)11-2;1-12(10,11)5-2-3-6(8)7(9)4-5;/h5-10H,4H2,1-3H3;4-6,10H,3H2,1-2H3;2-4H,1H3;1H4. The highest BCUT2D eigenvalue weighted by Crippen LogP contribution is 2.34. The molecule has 4 aromatic carbocycles. The van der Waals surface area contributed by atoms with Gasteiger partial charge in [-0.25, -0.2) is 30.0 Å². The van der Waals surface area contributed by atoms with Crippen LogP contribution in [0.3, 0.4) is 0 Å². The molecule has 4 rings (SSSR count). The fraction of sp³-hybridized carbons (Fsp3) is 0.273. The molecule has 0 amide bonds. The fourth-order valence-electron chi connectivity index (χ4n) is 3.58. The molecular weight excluding hydrogens is 645 g/mol. The molecule has 0 saturated heterocycles. The van der Waals surface area contributed by atoms with Crippen LogP contribution in [-0.2, 0) is 32.5 Å². The van der Waals surface area contributed by atoms with E-state index < -0.39 is 37.1 Å². The zero-order valence-corrected chi connectivity index (χ0v) is 27.2. The number of benzene rings is 4. The SMILES string of the molecule is C.CCc1ccc(O)c(OC)c1.CCc1ccc(Oc2ccc(S(C)(=O)=O)cc2F)c(OC)c1.CS(=O)(=O)c1ccc(F)c(F)c1. The topological polar surface area (TPSA) is 116 Å². The van der Waals surface area contributed by atoms with E-state index in [0.29, 0.717) is 23.3 Å². The maximum Gasteiger partial charge on any atom is 0.175 e. The summed E-state index contributed by atoms with van der Waals surface area (Å²) in [5.74, 6) is -1.41. The highest BCUT2D eigenvalue weighted by molar-refractivity contribution is 7.91. The van der Waals surface area contributed by atoms with Gasteiger partial charge in [-0.15, -0.1) is 0 Å². The molecule has 4 aromatic rings. The maximum absolute atomic E-state index is 14.0. The second-order valence-corrected chi connectivity index (χ2v) is 13.5. The van der Waals surface area contributed by atoms with Crippen molar-refractivity contribution < 1.29 is 49.3 Å². The van der Waals surface area contributed by atoms with E-state index in [-0.39, 0.29) is 28.7 Å². The lowest BCUT2D eigenvalue weighted by molar-refractivity contribution is 0.370. The molecule has 0 aliphatic heterocycles. The van der Waals surface area contributed by atoms with Crippen LogP contribution in [0.4, 0.5) is 13.2 Å². The van der Waals surface area contributed by atoms with E-state index >= 15 is 0 Å². The second-order valence-electron chi connectivity index (χ2n) is 9.51. The molecule has 0 saturated carbocycles. The Balaban J connectivity index is 0.000000374. The third-order valence-electron chi connectivity index (χ3n) is 6.16. The molecule has 0 atom stereocenters. The summed E-state index contributed by atoms with van der Waals surface area (Å²) in [5, 5.41) is 9.21. The van der Waals surface area contributed by atoms with E-state index in [2.05, 4.69) is 6.92 Å². The smallest absolute Gasteiger partial charge is 0.175 e. The number of hydrogen-bond donors (Lipinski definition) is 1. The van der Waals surface area contributed by atoms with Gasteiger partial charge >= 0.3 is 0 Å². The van der Waals surface area contributed by atoms with Gasteiger partial charge in [0.25, 0.3) is 0 Å². The number of phenolic OH excluding ortho intramolecular Hbond substituents is 1. The molecular formula is C33H39F3O8S2. The molecule has 1 N–H and O–H groups in total. The van der Waals surface area contributed by atoms with E-state index in [1.807, 2.05) is 31.2 Å². The first-order chi connectivity index (χ1) is 21.0. The Morgan fingerprint density at radius 3 is 1.50 bits per heavy atom. The Bertz CT molecular complexity index is 1830. The average molecular weight is 685 g/mol. The Labute approximate surface area is 269 Å². The van der Waals surface area contributed by atoms with Gasteiger partial charge in [0.2, 0.25) is 0 Å². The molecule has 0 aromatic heterocycles. The van der Waals surface area contributed by atoms with Crippen LogP contribution in [0.2, 0.25) is 0 Å². The lowest BCUT2D eigenvalue weighted by Crippen LogP contribution is -1.99. The minimum Gasteiger partial charge on any atom is -0.504 e. The number of rotatable bonds is 8. The van der Waals surface area contributed by atoms with Crippen molar-refractivity contribution in [2.45, 2.75) is 43.9 Å². The van der Waals surface area contributed by atoms with Crippen LogP contribution in [0.1, 0.15) is 32.4 Å². The first-order valence-corrected chi connectivity index (χ1v) is 17.2. The Kier molecular flexibility index (Phi) is 15.1. The molecule has 8 nitrogen and oxygen atoms in total. The lowest BCUT2D eigenvalue weighted by Gasteiger charge is -2.12. The summed E-state index contributed by atoms with van der Waals surface area (Å²) in [6.07, 6.45) is 3.75. The molecule has 0 unspecified atom stereocenters. The number of phenols is 1. The average Bonchev–Trinajstić information content (AvgIpc) is 2.99. The van der Waals surface area contributed by atoms with Crippen molar-refractivity contribution in [3.8, 4) is 28.7 Å². The van der Waals surface area contributed by atoms with Crippen molar-refractivity contribution in [3.63, 3.8) is 0 Å². The first kappa shape index (κ1) is 39.8. The van der Waals surface area contributed by atoms with Crippen molar-refractivity contribution in [1.29, 1.82) is 0 Å². The molecule has 0 aliphatic rings. The van der Waals surface area contributed by atoms with E-state index in [1.165, 1.54) is 24.8 Å². The summed E-state index contributed by atoms with van der Waals surface area (Å²) >= 11 is 0. The van der Waals surface area contributed by atoms with E-state index in [4.69, 9.17) is 14.2 Å². The van der Waals surface area contributed by atoms with Gasteiger partial charge in [-0.3, -0.25) is 0 Å². The maximum atomic E-state index is 14.0. The summed E-state index contributed by atoms with van der Waals surface area (Å²) in [5.41, 5.74) is 2.23. The van der Waals surface area contributed by atoms with Gasteiger partial charge in [0.15, 0.2) is 65.9 Å². The van der Waals surface area contributed by atoms with Crippen LogP contribution >= 0.6 is 0 Å². The van der Waals surface area contributed by atoms with Crippen LogP contribution in [-0.4, -0.2) is 48.7 Å². The summed E-state index contributed by atoms with van der Waals surface area (Å²) in [4.78, 5) is -0.313. The monoisotopic (exact) mass is 684 g/mol. The molecule has 0 heterocycles. The molecule has 0 fully saturated rings. The van der Waals surface area contributed by atoms with Crippen LogP contribution in [0.25, 0.3) is 0 Å². The van der Waals surface area contributed by atoms with Crippen LogP contribution in [0.5, 0.6) is 28.7 Å². The number of hydrogen-bond acceptors (Lipinski definition) is 8. The number of sulfone groups is 2. The highest BCUT2D eigenvalue weighted by atomic mass is 32.2. The van der Waals surface area contributed by atoms with Crippen molar-refractivity contribution in [1.82, 2.24) is 0 Å². The third-order valence-corrected chi connectivity index (χ3v) is 8.38. The van der Waals surface area contributed by atoms with Gasteiger partial charge in [-0.05, 0) is 84.6 Å². The third kappa shape index (κ3) is 11.6. The van der Waals surface area contributed by atoms with Gasteiger partial charge in [0, 0.05) is 12.5 Å². The highest BCUT2D eigenvalue weighted by Gasteiger charge is 2.14.